The minimum Gasteiger partial charge on any atom is -0.504 e. The molecule has 6 bridgehead atoms. The number of esters is 6. The topological polar surface area (TPSA) is 515 Å². The van der Waals surface area contributed by atoms with Gasteiger partial charge in [-0.05, 0) is 30.3 Å². The van der Waals surface area contributed by atoms with Crippen LogP contribution in [0.15, 0.2) is 30.3 Å². The predicted molar refractivity (Wildman–Crippen MR) is 232 cm³/mol. The Morgan fingerprint density at radius 2 is 1.16 bits per heavy atom. The number of hydrogen-bond acceptors (Lipinski definition) is 32. The van der Waals surface area contributed by atoms with Crippen molar-refractivity contribution in [3.63, 3.8) is 0 Å². The van der Waals surface area contributed by atoms with Gasteiger partial charge >= 0.3 is 35.8 Å². The van der Waals surface area contributed by atoms with E-state index in [0.717, 1.165) is 0 Å². The van der Waals surface area contributed by atoms with Gasteiger partial charge in [0.05, 0.1) is 34.8 Å². The molecule has 414 valence electrons. The lowest BCUT2D eigenvalue weighted by Crippen LogP contribution is -2.88. The van der Waals surface area contributed by atoms with Crippen molar-refractivity contribution >= 4 is 41.6 Å². The molecule has 32 heteroatoms. The van der Waals surface area contributed by atoms with E-state index >= 15 is 9.59 Å². The van der Waals surface area contributed by atoms with Gasteiger partial charge < -0.3 is 124 Å². The molecule has 15 N–H and O–H groups in total. The molecule has 0 aromatic heterocycles. The van der Waals surface area contributed by atoms with Crippen molar-refractivity contribution in [3.8, 4) is 80.1 Å². The number of carbonyl (C=O) groups excluding carboxylic acids is 7. The van der Waals surface area contributed by atoms with Crippen LogP contribution in [-0.2, 0) is 57.0 Å². The van der Waals surface area contributed by atoms with Crippen LogP contribution in [0.3, 0.4) is 0 Å². The first kappa shape index (κ1) is 50.5. The van der Waals surface area contributed by atoms with Crippen LogP contribution in [-0.4, -0.2) is 197 Å². The SMILES string of the molecule is O=C(O[C@@H]1[C@H]2OC(=O)c3cc(O)c(O)c4c3[C@@H]3[C@]5(CC(=O)[C@](O)(O[C@]56C(=O)O[C@@H]5[C@@H](O)CO[C@@]56O)[C@]3(O)O4)C(=O)O[C@@H]1[C@H]1COC(=O)c3cc(O)c(O)c(O)c3-c3c(cc(O)c(O)c3O)C(=O)O[C@@H]2O1)c1cc(O)c(O)c(O)c1. The minimum absolute atomic E-state index is 0.346. The van der Waals surface area contributed by atoms with E-state index < -0.39 is 246 Å². The maximum absolute atomic E-state index is 16.2. The zero-order chi connectivity index (χ0) is 56.9. The van der Waals surface area contributed by atoms with Gasteiger partial charge in [0.25, 0.3) is 11.6 Å². The van der Waals surface area contributed by atoms with Crippen LogP contribution >= 0.6 is 0 Å². The van der Waals surface area contributed by atoms with Crippen molar-refractivity contribution in [1.82, 2.24) is 0 Å². The number of Topliss-reactive ketones (excluding diaryl/α,β-unsaturated/α-hetero) is 1. The molecular weight excluding hydrogens is 1080 g/mol. The van der Waals surface area contributed by atoms with Crippen LogP contribution in [0.2, 0.25) is 0 Å². The smallest absolute Gasteiger partial charge is 0.346 e. The Morgan fingerprint density at radius 3 is 1.80 bits per heavy atom. The number of hydrogen-bond donors (Lipinski definition) is 15. The maximum atomic E-state index is 16.2. The molecule has 79 heavy (non-hydrogen) atoms. The summed E-state index contributed by atoms with van der Waals surface area (Å²) >= 11 is 0. The van der Waals surface area contributed by atoms with Gasteiger partial charge in [-0.25, -0.2) is 24.0 Å². The molecule has 4 aromatic rings. The Hall–Kier alpha value is -9.31. The molecule has 1 aliphatic carbocycles. The number of benzene rings is 4. The highest BCUT2D eigenvalue weighted by molar-refractivity contribution is 6.09. The lowest BCUT2D eigenvalue weighted by molar-refractivity contribution is -0.459. The number of fused-ring (bicyclic) bond motifs is 11. The Labute approximate surface area is 433 Å². The van der Waals surface area contributed by atoms with E-state index in [2.05, 4.69) is 0 Å². The van der Waals surface area contributed by atoms with Crippen LogP contribution in [0.4, 0.5) is 0 Å². The molecule has 4 aromatic carbocycles. The first-order chi connectivity index (χ1) is 37.1. The normalized spacial score (nSPS) is 34.6. The van der Waals surface area contributed by atoms with Gasteiger partial charge in [0.15, 0.2) is 75.8 Å². The number of rotatable bonds is 2. The Kier molecular flexibility index (Phi) is 10.2. The number of aliphatic hydroxyl groups excluding tert-OH is 1. The molecule has 0 amide bonds. The van der Waals surface area contributed by atoms with Crippen molar-refractivity contribution < 1.29 is 158 Å². The van der Waals surface area contributed by atoms with Crippen LogP contribution in [0.25, 0.3) is 11.1 Å². The average Bonchev–Trinajstić information content (AvgIpc) is 1.67. The number of phenolic OH excluding ortho intramolecular Hbond substituents is 11. The van der Waals surface area contributed by atoms with Crippen molar-refractivity contribution in [2.75, 3.05) is 13.2 Å². The highest BCUT2D eigenvalue weighted by Crippen LogP contribution is 2.76. The average molecular weight is 1110 g/mol. The van der Waals surface area contributed by atoms with E-state index in [9.17, 15) is 101 Å². The highest BCUT2D eigenvalue weighted by Gasteiger charge is 2.97. The number of ether oxygens (including phenoxy) is 10. The molecule has 8 heterocycles. The molecule has 9 aliphatic rings. The molecular formula is C47H34O32. The fourth-order valence-corrected chi connectivity index (χ4v) is 11.7. The van der Waals surface area contributed by atoms with E-state index in [-0.39, 0.29) is 0 Å². The van der Waals surface area contributed by atoms with E-state index in [1.165, 1.54) is 0 Å². The Balaban J connectivity index is 1.13. The quantitative estimate of drug-likeness (QED) is 0.0545. The lowest BCUT2D eigenvalue weighted by Gasteiger charge is -2.64. The van der Waals surface area contributed by atoms with Gasteiger partial charge in [0.2, 0.25) is 41.0 Å². The molecule has 32 nitrogen and oxygen atoms in total. The zero-order valence-electron chi connectivity index (χ0n) is 38.8. The van der Waals surface area contributed by atoms with Crippen molar-refractivity contribution in [3.05, 3.63) is 58.1 Å². The molecule has 13 rings (SSSR count). The molecule has 2 spiro atoms. The summed E-state index contributed by atoms with van der Waals surface area (Å²) < 4.78 is 57.0. The van der Waals surface area contributed by atoms with E-state index in [4.69, 9.17) is 47.4 Å². The van der Waals surface area contributed by atoms with Crippen LogP contribution in [0, 0.1) is 5.41 Å². The van der Waals surface area contributed by atoms with Gasteiger partial charge in [-0.2, -0.15) is 0 Å². The monoisotopic (exact) mass is 1110 g/mol. The Bertz CT molecular complexity index is 3530. The zero-order valence-corrected chi connectivity index (χ0v) is 38.8. The first-order valence-corrected chi connectivity index (χ1v) is 22.8. The van der Waals surface area contributed by atoms with Crippen molar-refractivity contribution in [2.24, 2.45) is 5.41 Å². The summed E-state index contributed by atoms with van der Waals surface area (Å²) in [5.74, 6) is -43.9. The third kappa shape index (κ3) is 6.05. The molecule has 6 fully saturated rings. The van der Waals surface area contributed by atoms with Gasteiger partial charge in [-0.3, -0.25) is 9.59 Å². The first-order valence-electron chi connectivity index (χ1n) is 22.8. The highest BCUT2D eigenvalue weighted by atomic mass is 16.8. The summed E-state index contributed by atoms with van der Waals surface area (Å²) in [4.78, 5) is 104. The third-order valence-electron chi connectivity index (χ3n) is 15.2. The third-order valence-corrected chi connectivity index (χ3v) is 15.2. The molecule has 5 saturated heterocycles. The largest absolute Gasteiger partial charge is 0.504 e. The number of cyclic esters (lactones) is 1. The predicted octanol–water partition coefficient (Wildman–Crippen LogP) is -2.87. The van der Waals surface area contributed by atoms with Gasteiger partial charge in [0.1, 0.15) is 24.2 Å². The summed E-state index contributed by atoms with van der Waals surface area (Å²) in [6.45, 7) is -2.44. The second-order valence-corrected chi connectivity index (χ2v) is 19.2. The van der Waals surface area contributed by atoms with Crippen molar-refractivity contribution in [2.45, 2.75) is 78.2 Å². The van der Waals surface area contributed by atoms with E-state index in [0.29, 0.717) is 30.3 Å². The number of aromatic hydroxyl groups is 11. The molecule has 0 radical (unpaired) electrons. The van der Waals surface area contributed by atoms with Gasteiger partial charge in [-0.1, -0.05) is 0 Å². The molecule has 1 saturated carbocycles. The number of carbonyl (C=O) groups is 7. The van der Waals surface area contributed by atoms with E-state index in [1.54, 1.807) is 0 Å². The molecule has 8 aliphatic heterocycles. The lowest BCUT2D eigenvalue weighted by atomic mass is 9.47. The summed E-state index contributed by atoms with van der Waals surface area (Å²) in [5.41, 5.74) is -15.4. The number of ketones is 1. The molecule has 0 unspecified atom stereocenters. The standard InChI is InChI=1S/C47H34O32/c48-13-1-9(2-14(49)24(13)55)36(61)73-32-30-19-8-70-37(62)10-3-15(50)25(56)28(59)21(10)22-11(4-16(51)26(57)29(22)60)39(64)77-40(72-19)33(32)74-38(63)12-5-17(52)27(58)31-23(12)34-43(41(65)75-30)6-20(54)45(67,46(34,68)78-31)79-44(43)42(66)76-35-18(53)7-71-47(35,44)69/h1-5,18-19,30,32-35,40,48-53,55-60,67-69H,6-8H2/t18-,19+,30+,32-,33+,34+,35+,40-,43+,44+,45-,46+,47-/m0/s1. The fourth-order valence-electron chi connectivity index (χ4n) is 11.7. The van der Waals surface area contributed by atoms with Crippen LogP contribution in [0.1, 0.15) is 59.3 Å². The van der Waals surface area contributed by atoms with Crippen molar-refractivity contribution in [1.29, 1.82) is 0 Å². The summed E-state index contributed by atoms with van der Waals surface area (Å²) in [6.07, 6.45) is -19.5. The number of aliphatic hydroxyl groups is 4. The van der Waals surface area contributed by atoms with Crippen LogP contribution in [0.5, 0.6) is 69.0 Å². The number of phenols is 11. The maximum Gasteiger partial charge on any atom is 0.346 e. The van der Waals surface area contributed by atoms with Gasteiger partial charge in [0, 0.05) is 23.1 Å². The second-order valence-electron chi connectivity index (χ2n) is 19.2. The van der Waals surface area contributed by atoms with Gasteiger partial charge in [-0.15, -0.1) is 0 Å². The summed E-state index contributed by atoms with van der Waals surface area (Å²) in [5, 5.41) is 167. The summed E-state index contributed by atoms with van der Waals surface area (Å²) in [6, 6.07) is 2.07. The molecule has 13 atom stereocenters. The fraction of sp³-hybridized carbons (Fsp3) is 0.340. The second kappa shape index (κ2) is 15.9. The minimum atomic E-state index is -4.05. The Morgan fingerprint density at radius 1 is 0.595 bits per heavy atom. The van der Waals surface area contributed by atoms with E-state index in [1.807, 2.05) is 0 Å². The summed E-state index contributed by atoms with van der Waals surface area (Å²) in [7, 11) is 0. The van der Waals surface area contributed by atoms with Crippen LogP contribution < -0.4 is 4.74 Å².